The highest BCUT2D eigenvalue weighted by Gasteiger charge is 2.32. The third-order valence-corrected chi connectivity index (χ3v) is 5.94. The average molecular weight is 510 g/mol. The first-order chi connectivity index (χ1) is 16.9. The molecule has 0 aliphatic carbocycles. The van der Waals surface area contributed by atoms with Gasteiger partial charge < -0.3 is 26.8 Å². The van der Waals surface area contributed by atoms with Crippen molar-refractivity contribution in [3.05, 3.63) is 65.9 Å². The van der Waals surface area contributed by atoms with Crippen LogP contribution in [0, 0.1) is 0 Å². The van der Waals surface area contributed by atoms with E-state index in [1.54, 1.807) is 31.2 Å². The number of fused-ring (bicyclic) bond motifs is 1. The summed E-state index contributed by atoms with van der Waals surface area (Å²) >= 11 is 5.29. The van der Waals surface area contributed by atoms with Gasteiger partial charge in [-0.2, -0.15) is 0 Å². The van der Waals surface area contributed by atoms with Crippen molar-refractivity contribution in [1.29, 1.82) is 0 Å². The van der Waals surface area contributed by atoms with Crippen molar-refractivity contribution in [2.24, 2.45) is 5.73 Å². The van der Waals surface area contributed by atoms with E-state index in [1.807, 2.05) is 51.1 Å². The molecule has 0 spiro atoms. The van der Waals surface area contributed by atoms with Gasteiger partial charge in [-0.15, -0.1) is 0 Å². The van der Waals surface area contributed by atoms with Gasteiger partial charge in [-0.05, 0) is 42.9 Å². The molecule has 36 heavy (non-hydrogen) atoms. The molecular weight excluding hydrogens is 478 g/mol. The van der Waals surface area contributed by atoms with Gasteiger partial charge in [0.1, 0.15) is 12.1 Å². The smallest absolute Gasteiger partial charge is 0.416 e. The molecule has 190 valence electrons. The number of primary amides is 1. The Labute approximate surface area is 215 Å². The summed E-state index contributed by atoms with van der Waals surface area (Å²) in [6.07, 6.45) is -1.09. The number of nitrogens with zero attached hydrogens (tertiary/aromatic N) is 1. The van der Waals surface area contributed by atoms with Gasteiger partial charge in [-0.3, -0.25) is 9.59 Å². The van der Waals surface area contributed by atoms with Gasteiger partial charge >= 0.3 is 6.09 Å². The molecular formula is C26H31N5O4S. The molecule has 0 aliphatic heterocycles. The van der Waals surface area contributed by atoms with Gasteiger partial charge in [0, 0.05) is 28.6 Å². The molecule has 9 nitrogen and oxygen atoms in total. The second-order valence-corrected chi connectivity index (χ2v) is 9.97. The summed E-state index contributed by atoms with van der Waals surface area (Å²) in [6.45, 7) is 7.31. The summed E-state index contributed by atoms with van der Waals surface area (Å²) in [5.74, 6) is -1.21. The molecule has 6 N–H and O–H groups in total. The van der Waals surface area contributed by atoms with Crippen molar-refractivity contribution in [3.8, 4) is 0 Å². The van der Waals surface area contributed by atoms with Crippen LogP contribution in [0.2, 0.25) is 0 Å². The van der Waals surface area contributed by atoms with Gasteiger partial charge in [-0.25, -0.2) is 9.36 Å². The molecule has 1 heterocycles. The first kappa shape index (κ1) is 26.7. The van der Waals surface area contributed by atoms with Gasteiger partial charge in [0.05, 0.1) is 5.52 Å². The number of nitrogens with two attached hydrogens (primary N) is 1. The summed E-state index contributed by atoms with van der Waals surface area (Å²) in [5, 5.41) is 19.5. The number of benzene rings is 2. The Bertz CT molecular complexity index is 1300. The highest BCUT2D eigenvalue weighted by Crippen LogP contribution is 2.35. The van der Waals surface area contributed by atoms with Crippen molar-refractivity contribution < 1.29 is 19.5 Å². The van der Waals surface area contributed by atoms with Gasteiger partial charge in [-0.1, -0.05) is 57.2 Å². The number of aromatic nitrogens is 1. The zero-order valence-corrected chi connectivity index (χ0v) is 21.5. The van der Waals surface area contributed by atoms with Crippen molar-refractivity contribution in [2.75, 3.05) is 5.32 Å². The quantitative estimate of drug-likeness (QED) is 0.308. The van der Waals surface area contributed by atoms with Crippen molar-refractivity contribution in [2.45, 2.75) is 51.6 Å². The van der Waals surface area contributed by atoms with E-state index in [9.17, 15) is 19.5 Å². The first-order valence-corrected chi connectivity index (χ1v) is 11.9. The van der Waals surface area contributed by atoms with Crippen molar-refractivity contribution >= 4 is 51.8 Å². The molecule has 2 unspecified atom stereocenters. The number of nitrogens with one attached hydrogen (secondary N) is 3. The van der Waals surface area contributed by atoms with E-state index < -0.39 is 35.4 Å². The summed E-state index contributed by atoms with van der Waals surface area (Å²) in [4.78, 5) is 37.5. The van der Waals surface area contributed by atoms with Crippen LogP contribution in [0.3, 0.4) is 0 Å². The predicted molar refractivity (Wildman–Crippen MR) is 144 cm³/mol. The second-order valence-electron chi connectivity index (χ2n) is 9.57. The lowest BCUT2D eigenvalue weighted by molar-refractivity contribution is -0.128. The Hall–Kier alpha value is -3.92. The number of thiocarbonyl (C=S) groups is 1. The number of carbonyl (C=O) groups excluding carboxylic acids is 2. The fourth-order valence-corrected chi connectivity index (χ4v) is 4.47. The number of anilines is 1. The van der Waals surface area contributed by atoms with E-state index in [0.29, 0.717) is 22.2 Å². The number of para-hydroxylation sites is 2. The van der Waals surface area contributed by atoms with Gasteiger partial charge in [0.25, 0.3) is 0 Å². The molecule has 0 radical (unpaired) electrons. The minimum absolute atomic E-state index is 0.0356. The van der Waals surface area contributed by atoms with E-state index in [1.165, 1.54) is 4.57 Å². The molecule has 2 amide bonds. The summed E-state index contributed by atoms with van der Waals surface area (Å²) in [7, 11) is 0. The van der Waals surface area contributed by atoms with Crippen LogP contribution >= 0.6 is 12.2 Å². The number of hydrogen-bond acceptors (Lipinski definition) is 4. The monoisotopic (exact) mass is 509 g/mol. The Morgan fingerprint density at radius 1 is 1.03 bits per heavy atom. The lowest BCUT2D eigenvalue weighted by atomic mass is 9.86. The Morgan fingerprint density at radius 2 is 1.64 bits per heavy atom. The Kier molecular flexibility index (Phi) is 7.99. The molecule has 2 atom stereocenters. The molecule has 0 fully saturated rings. The van der Waals surface area contributed by atoms with Gasteiger partial charge in [0.2, 0.25) is 11.8 Å². The van der Waals surface area contributed by atoms with E-state index >= 15 is 0 Å². The summed E-state index contributed by atoms with van der Waals surface area (Å²) in [6, 6.07) is 14.5. The largest absolute Gasteiger partial charge is 0.464 e. The maximum atomic E-state index is 12.9. The van der Waals surface area contributed by atoms with Crippen LogP contribution in [0.4, 0.5) is 10.5 Å². The molecule has 3 rings (SSSR count). The molecule has 2 aromatic carbocycles. The summed E-state index contributed by atoms with van der Waals surface area (Å²) in [5.41, 5.74) is 7.56. The Morgan fingerprint density at radius 3 is 2.22 bits per heavy atom. The van der Waals surface area contributed by atoms with Crippen LogP contribution in [0.15, 0.2) is 54.6 Å². The zero-order valence-electron chi connectivity index (χ0n) is 20.7. The minimum atomic E-state index is -1.13. The molecule has 0 bridgehead atoms. The number of hydrogen-bond donors (Lipinski definition) is 5. The molecule has 10 heteroatoms. The normalized spacial score (nSPS) is 13.0. The van der Waals surface area contributed by atoms with E-state index in [-0.39, 0.29) is 11.5 Å². The topological polar surface area (TPSA) is 138 Å². The van der Waals surface area contributed by atoms with Crippen LogP contribution in [0.1, 0.15) is 39.0 Å². The molecule has 0 aliphatic rings. The molecule has 1 aromatic heterocycles. The fourth-order valence-electron chi connectivity index (χ4n) is 4.17. The molecule has 0 saturated heterocycles. The van der Waals surface area contributed by atoms with Crippen LogP contribution in [0.25, 0.3) is 10.9 Å². The number of carboxylic acid groups (broad SMARTS) is 1. The SMILES string of the molecule is CC(NC(=S)Nc1ccccc1)C(=O)NC(Cc1c(C(C)(C)C)n(C(=O)O)c2ccccc12)C(N)=O. The third kappa shape index (κ3) is 6.01. The summed E-state index contributed by atoms with van der Waals surface area (Å²) < 4.78 is 1.24. The fraction of sp³-hybridized carbons (Fsp3) is 0.308. The number of amides is 2. The molecule has 0 saturated carbocycles. The Balaban J connectivity index is 1.84. The molecule has 3 aromatic rings. The van der Waals surface area contributed by atoms with E-state index in [0.717, 1.165) is 5.69 Å². The van der Waals surface area contributed by atoms with Crippen LogP contribution in [-0.4, -0.2) is 44.8 Å². The van der Waals surface area contributed by atoms with Crippen LogP contribution < -0.4 is 21.7 Å². The third-order valence-electron chi connectivity index (χ3n) is 5.72. The van der Waals surface area contributed by atoms with Crippen LogP contribution in [0.5, 0.6) is 0 Å². The predicted octanol–water partition coefficient (Wildman–Crippen LogP) is 3.35. The highest BCUT2D eigenvalue weighted by atomic mass is 32.1. The lowest BCUT2D eigenvalue weighted by Crippen LogP contribution is -2.53. The maximum absolute atomic E-state index is 12.9. The first-order valence-electron chi connectivity index (χ1n) is 11.5. The average Bonchev–Trinajstić information content (AvgIpc) is 3.14. The standard InChI is InChI=1S/C26H31N5O4S/c1-15(28-24(36)29-16-10-6-5-7-11-16)23(33)30-19(22(27)32)14-18-17-12-8-9-13-20(17)31(25(34)35)21(18)26(2,3)4/h5-13,15,19H,14H2,1-4H3,(H2,27,32)(H,30,33)(H,34,35)(H2,28,29,36). The second kappa shape index (κ2) is 10.8. The highest BCUT2D eigenvalue weighted by molar-refractivity contribution is 7.80. The lowest BCUT2D eigenvalue weighted by Gasteiger charge is -2.25. The van der Waals surface area contributed by atoms with Gasteiger partial charge in [0.15, 0.2) is 5.11 Å². The van der Waals surface area contributed by atoms with Crippen molar-refractivity contribution in [3.63, 3.8) is 0 Å². The van der Waals surface area contributed by atoms with Crippen molar-refractivity contribution in [1.82, 2.24) is 15.2 Å². The zero-order chi connectivity index (χ0) is 26.6. The number of carbonyl (C=O) groups is 3. The maximum Gasteiger partial charge on any atom is 0.416 e. The minimum Gasteiger partial charge on any atom is -0.464 e. The van der Waals surface area contributed by atoms with E-state index in [2.05, 4.69) is 16.0 Å². The van der Waals surface area contributed by atoms with E-state index in [4.69, 9.17) is 18.0 Å². The van der Waals surface area contributed by atoms with Crippen LogP contribution in [-0.2, 0) is 21.4 Å². The number of rotatable bonds is 7.